The lowest BCUT2D eigenvalue weighted by atomic mass is 10.2. The van der Waals surface area contributed by atoms with Crippen molar-refractivity contribution in [3.8, 4) is 0 Å². The molecular formula is C11H16N2O5S2. The highest BCUT2D eigenvalue weighted by Crippen LogP contribution is 2.40. The summed E-state index contributed by atoms with van der Waals surface area (Å²) in [5.41, 5.74) is -0.156. The molecule has 0 aromatic carbocycles. The first-order valence-electron chi connectivity index (χ1n) is 6.07. The second-order valence-electron chi connectivity index (χ2n) is 4.95. The van der Waals surface area contributed by atoms with Crippen LogP contribution in [0.3, 0.4) is 0 Å². The maximum absolute atomic E-state index is 11.6. The Morgan fingerprint density at radius 2 is 1.95 bits per heavy atom. The number of ether oxygens (including phenoxy) is 1. The highest BCUT2D eigenvalue weighted by atomic mass is 32.2. The van der Waals surface area contributed by atoms with Crippen molar-refractivity contribution >= 4 is 31.9 Å². The molecule has 2 atom stereocenters. The number of sulfone groups is 1. The molecule has 0 spiro atoms. The lowest BCUT2D eigenvalue weighted by Crippen LogP contribution is -2.45. The highest BCUT2D eigenvalue weighted by Gasteiger charge is 2.31. The van der Waals surface area contributed by atoms with Gasteiger partial charge in [-0.2, -0.15) is 0 Å². The van der Waals surface area contributed by atoms with Gasteiger partial charge in [0.05, 0.1) is 17.1 Å². The summed E-state index contributed by atoms with van der Waals surface area (Å²) < 4.78 is 28.8. The molecule has 0 aliphatic carbocycles. The number of hydrogen-bond acceptors (Lipinski definition) is 7. The number of nitrogens with zero attached hydrogens (tertiary/aromatic N) is 2. The third-order valence-corrected chi connectivity index (χ3v) is 5.93. The lowest BCUT2D eigenvalue weighted by molar-refractivity contribution is -0.383. The molecule has 2 heterocycles. The van der Waals surface area contributed by atoms with Crippen LogP contribution in [0.1, 0.15) is 13.8 Å². The Labute approximate surface area is 121 Å². The van der Waals surface area contributed by atoms with Gasteiger partial charge in [-0.25, -0.2) is 8.42 Å². The van der Waals surface area contributed by atoms with Crippen molar-refractivity contribution in [3.63, 3.8) is 0 Å². The molecule has 1 aromatic heterocycles. The summed E-state index contributed by atoms with van der Waals surface area (Å²) in [7, 11) is -3.45. The minimum atomic E-state index is -3.45. The van der Waals surface area contributed by atoms with Crippen molar-refractivity contribution in [2.24, 2.45) is 0 Å². The van der Waals surface area contributed by atoms with E-state index in [0.717, 1.165) is 23.7 Å². The van der Waals surface area contributed by atoms with Gasteiger partial charge in [0.25, 0.3) is 0 Å². The first-order chi connectivity index (χ1) is 9.18. The van der Waals surface area contributed by atoms with E-state index < -0.39 is 14.8 Å². The van der Waals surface area contributed by atoms with Crippen LogP contribution in [-0.4, -0.2) is 44.9 Å². The zero-order chi connectivity index (χ0) is 15.1. The van der Waals surface area contributed by atoms with Gasteiger partial charge in [0.15, 0.2) is 14.8 Å². The van der Waals surface area contributed by atoms with Gasteiger partial charge in [0.2, 0.25) is 0 Å². The van der Waals surface area contributed by atoms with Gasteiger partial charge < -0.3 is 9.64 Å². The Balaban J connectivity index is 2.44. The summed E-state index contributed by atoms with van der Waals surface area (Å²) in [5, 5.41) is 11.5. The van der Waals surface area contributed by atoms with Crippen LogP contribution in [0.15, 0.2) is 10.3 Å². The molecule has 0 N–H and O–H groups in total. The van der Waals surface area contributed by atoms with Crippen molar-refractivity contribution in [2.75, 3.05) is 24.2 Å². The molecule has 0 radical (unpaired) electrons. The zero-order valence-corrected chi connectivity index (χ0v) is 13.0. The topological polar surface area (TPSA) is 89.8 Å². The van der Waals surface area contributed by atoms with Gasteiger partial charge in [0, 0.05) is 25.4 Å². The normalized spacial score (nSPS) is 23.9. The summed E-state index contributed by atoms with van der Waals surface area (Å²) in [6.45, 7) is 4.79. The summed E-state index contributed by atoms with van der Waals surface area (Å²) in [6, 6.07) is 1.14. The van der Waals surface area contributed by atoms with Gasteiger partial charge in [-0.05, 0) is 13.8 Å². The van der Waals surface area contributed by atoms with Crippen molar-refractivity contribution in [3.05, 3.63) is 16.2 Å². The second-order valence-corrected chi connectivity index (χ2v) is 8.22. The largest absolute Gasteiger partial charge is 0.372 e. The molecule has 0 saturated carbocycles. The lowest BCUT2D eigenvalue weighted by Gasteiger charge is -2.35. The molecule has 1 aliphatic heterocycles. The number of hydrogen-bond donors (Lipinski definition) is 0. The maximum Gasteiger partial charge on any atom is 0.305 e. The Hall–Kier alpha value is -1.19. The van der Waals surface area contributed by atoms with E-state index in [1.165, 1.54) is 0 Å². The minimum Gasteiger partial charge on any atom is -0.372 e. The fraction of sp³-hybridized carbons (Fsp3) is 0.636. The van der Waals surface area contributed by atoms with E-state index in [0.29, 0.717) is 18.1 Å². The first-order valence-corrected chi connectivity index (χ1v) is 8.78. The number of morpholine rings is 1. The molecule has 112 valence electrons. The van der Waals surface area contributed by atoms with Crippen LogP contribution in [0.2, 0.25) is 0 Å². The molecule has 0 amide bonds. The van der Waals surface area contributed by atoms with E-state index in [-0.39, 0.29) is 22.1 Å². The number of nitro groups is 1. The highest BCUT2D eigenvalue weighted by molar-refractivity contribution is 7.92. The average Bonchev–Trinajstić information content (AvgIpc) is 2.71. The molecule has 1 aromatic rings. The fourth-order valence-electron chi connectivity index (χ4n) is 2.23. The van der Waals surface area contributed by atoms with Crippen molar-refractivity contribution in [1.82, 2.24) is 0 Å². The SMILES string of the molecule is CC1CN(c2sc(S(C)(=O)=O)cc2[N+](=O)[O-])CC(C)O1. The first kappa shape index (κ1) is 15.2. The number of anilines is 1. The summed E-state index contributed by atoms with van der Waals surface area (Å²) in [4.78, 5) is 12.4. The van der Waals surface area contributed by atoms with Gasteiger partial charge in [-0.15, -0.1) is 0 Å². The van der Waals surface area contributed by atoms with Gasteiger partial charge in [0.1, 0.15) is 4.21 Å². The number of rotatable bonds is 3. The van der Waals surface area contributed by atoms with Crippen LogP contribution >= 0.6 is 11.3 Å². The van der Waals surface area contributed by atoms with E-state index >= 15 is 0 Å². The van der Waals surface area contributed by atoms with Gasteiger partial charge in [-0.1, -0.05) is 11.3 Å². The quantitative estimate of drug-likeness (QED) is 0.621. The molecule has 20 heavy (non-hydrogen) atoms. The monoisotopic (exact) mass is 320 g/mol. The predicted octanol–water partition coefficient (Wildman–Crippen LogP) is 1.67. The molecule has 7 nitrogen and oxygen atoms in total. The Morgan fingerprint density at radius 3 is 2.40 bits per heavy atom. The van der Waals surface area contributed by atoms with Crippen molar-refractivity contribution in [1.29, 1.82) is 0 Å². The second kappa shape index (κ2) is 5.30. The van der Waals surface area contributed by atoms with Crippen LogP contribution < -0.4 is 4.90 Å². The molecule has 9 heteroatoms. The smallest absolute Gasteiger partial charge is 0.305 e. The van der Waals surface area contributed by atoms with Gasteiger partial charge in [-0.3, -0.25) is 10.1 Å². The van der Waals surface area contributed by atoms with Crippen LogP contribution in [-0.2, 0) is 14.6 Å². The molecular weight excluding hydrogens is 304 g/mol. The molecule has 0 bridgehead atoms. The molecule has 1 saturated heterocycles. The Kier molecular flexibility index (Phi) is 4.03. The average molecular weight is 320 g/mol. The van der Waals surface area contributed by atoms with E-state index in [9.17, 15) is 18.5 Å². The number of thiophene rings is 1. The fourth-order valence-corrected chi connectivity index (χ4v) is 4.28. The summed E-state index contributed by atoms with van der Waals surface area (Å²) in [5.74, 6) is 0. The van der Waals surface area contributed by atoms with E-state index in [1.807, 2.05) is 18.7 Å². The predicted molar refractivity (Wildman–Crippen MR) is 76.3 cm³/mol. The zero-order valence-electron chi connectivity index (χ0n) is 11.4. The van der Waals surface area contributed by atoms with Crippen LogP contribution in [0.4, 0.5) is 10.7 Å². The van der Waals surface area contributed by atoms with Crippen LogP contribution in [0.25, 0.3) is 0 Å². The van der Waals surface area contributed by atoms with E-state index in [1.54, 1.807) is 0 Å². The van der Waals surface area contributed by atoms with E-state index in [4.69, 9.17) is 4.74 Å². The van der Waals surface area contributed by atoms with Crippen LogP contribution in [0, 0.1) is 10.1 Å². The van der Waals surface area contributed by atoms with Crippen molar-refractivity contribution in [2.45, 2.75) is 30.3 Å². The molecule has 1 fully saturated rings. The van der Waals surface area contributed by atoms with Crippen molar-refractivity contribution < 1.29 is 18.1 Å². The summed E-state index contributed by atoms with van der Waals surface area (Å²) in [6.07, 6.45) is 0.945. The standard InChI is InChI=1S/C11H16N2O5S2/c1-7-5-12(6-8(2)18-7)11-9(13(14)15)4-10(19-11)20(3,16)17/h4,7-8H,5-6H2,1-3H3. The van der Waals surface area contributed by atoms with Crippen LogP contribution in [0.5, 0.6) is 0 Å². The summed E-state index contributed by atoms with van der Waals surface area (Å²) >= 11 is 0.946. The van der Waals surface area contributed by atoms with Gasteiger partial charge >= 0.3 is 5.69 Å². The molecule has 2 rings (SSSR count). The Bertz CT molecular complexity index is 615. The third-order valence-electron chi connectivity index (χ3n) is 2.94. The minimum absolute atomic E-state index is 0.0194. The molecule has 1 aliphatic rings. The maximum atomic E-state index is 11.6. The molecule has 2 unspecified atom stereocenters. The van der Waals surface area contributed by atoms with E-state index in [2.05, 4.69) is 0 Å². The third kappa shape index (κ3) is 3.10. The Morgan fingerprint density at radius 1 is 1.40 bits per heavy atom.